The van der Waals surface area contributed by atoms with E-state index in [0.717, 1.165) is 18.9 Å². The molecule has 0 aromatic heterocycles. The third-order valence-electron chi connectivity index (χ3n) is 4.06. The Morgan fingerprint density at radius 1 is 1.19 bits per heavy atom. The van der Waals surface area contributed by atoms with E-state index in [1.54, 1.807) is 24.3 Å². The Morgan fingerprint density at radius 2 is 1.85 bits per heavy atom. The van der Waals surface area contributed by atoms with E-state index in [2.05, 4.69) is 0 Å². The van der Waals surface area contributed by atoms with E-state index in [1.165, 1.54) is 6.07 Å². The summed E-state index contributed by atoms with van der Waals surface area (Å²) in [7, 11) is -4.21. The van der Waals surface area contributed by atoms with Crippen LogP contribution in [0.4, 0.5) is 5.69 Å². The standard InChI is InChI=1S/C19H24N2O5S/c1-3-5-11-21(4-2)16-12-14(19(22)23)13-17(27(20,24)25)18(16)26-15-9-7-6-8-10-15/h6-10,12-13H,3-5,11H2,1-2H3,(H,22,23)(H2,20,24,25). The summed E-state index contributed by atoms with van der Waals surface area (Å²) in [5.74, 6) is -0.774. The van der Waals surface area contributed by atoms with Gasteiger partial charge in [0.15, 0.2) is 5.75 Å². The Labute approximate surface area is 159 Å². The maximum absolute atomic E-state index is 12.2. The number of aromatic carboxylic acids is 1. The molecule has 0 aliphatic heterocycles. The molecule has 0 bridgehead atoms. The van der Waals surface area contributed by atoms with E-state index < -0.39 is 16.0 Å². The Balaban J connectivity index is 2.72. The molecule has 2 aromatic carbocycles. The molecular formula is C19H24N2O5S. The van der Waals surface area contributed by atoms with Crippen LogP contribution in [-0.2, 0) is 10.0 Å². The Bertz CT molecular complexity index is 898. The number of ether oxygens (including phenoxy) is 1. The molecule has 0 amide bonds. The quantitative estimate of drug-likeness (QED) is 0.676. The molecule has 7 nitrogen and oxygen atoms in total. The third kappa shape index (κ3) is 5.21. The second kappa shape index (κ2) is 8.88. The summed E-state index contributed by atoms with van der Waals surface area (Å²) in [6.07, 6.45) is 1.80. The molecule has 146 valence electrons. The van der Waals surface area contributed by atoms with Gasteiger partial charge in [-0.05, 0) is 37.6 Å². The van der Waals surface area contributed by atoms with Crippen molar-refractivity contribution < 1.29 is 23.1 Å². The Hall–Kier alpha value is -2.58. The SMILES string of the molecule is CCCCN(CC)c1cc(C(=O)O)cc(S(N)(=O)=O)c1Oc1ccccc1. The van der Waals surface area contributed by atoms with E-state index in [1.807, 2.05) is 24.8 Å². The van der Waals surface area contributed by atoms with Gasteiger partial charge in [0.25, 0.3) is 0 Å². The third-order valence-corrected chi connectivity index (χ3v) is 4.97. The fourth-order valence-corrected chi connectivity index (χ4v) is 3.36. The lowest BCUT2D eigenvalue weighted by molar-refractivity contribution is 0.0696. The van der Waals surface area contributed by atoms with Crippen molar-refractivity contribution >= 4 is 21.7 Å². The molecule has 2 rings (SSSR count). The summed E-state index contributed by atoms with van der Waals surface area (Å²) in [5, 5.41) is 14.8. The molecule has 0 unspecified atom stereocenters. The highest BCUT2D eigenvalue weighted by Crippen LogP contribution is 2.39. The van der Waals surface area contributed by atoms with Crippen LogP contribution in [-0.4, -0.2) is 32.6 Å². The fraction of sp³-hybridized carbons (Fsp3) is 0.316. The molecule has 0 spiro atoms. The summed E-state index contributed by atoms with van der Waals surface area (Å²) in [5.41, 5.74) is 0.225. The second-order valence-electron chi connectivity index (χ2n) is 6.02. The minimum atomic E-state index is -4.21. The maximum Gasteiger partial charge on any atom is 0.335 e. The lowest BCUT2D eigenvalue weighted by atomic mass is 10.1. The van der Waals surface area contributed by atoms with Crippen molar-refractivity contribution in [2.75, 3.05) is 18.0 Å². The van der Waals surface area contributed by atoms with Gasteiger partial charge in [-0.3, -0.25) is 0 Å². The monoisotopic (exact) mass is 392 g/mol. The number of hydrogen-bond acceptors (Lipinski definition) is 5. The van der Waals surface area contributed by atoms with Gasteiger partial charge < -0.3 is 14.7 Å². The summed E-state index contributed by atoms with van der Waals surface area (Å²) in [6, 6.07) is 11.1. The summed E-state index contributed by atoms with van der Waals surface area (Å²) in [4.78, 5) is 13.1. The van der Waals surface area contributed by atoms with Crippen molar-refractivity contribution in [1.82, 2.24) is 0 Å². The molecule has 0 aliphatic rings. The number of sulfonamides is 1. The molecule has 2 aromatic rings. The van der Waals surface area contributed by atoms with Crippen LogP contribution < -0.4 is 14.8 Å². The van der Waals surface area contributed by atoms with Crippen LogP contribution in [0.25, 0.3) is 0 Å². The number of nitrogens with two attached hydrogens (primary N) is 1. The molecule has 8 heteroatoms. The lowest BCUT2D eigenvalue weighted by Gasteiger charge is -2.27. The first-order chi connectivity index (χ1) is 12.8. The first-order valence-electron chi connectivity index (χ1n) is 8.69. The highest BCUT2D eigenvalue weighted by Gasteiger charge is 2.25. The number of carboxylic acid groups (broad SMARTS) is 1. The van der Waals surface area contributed by atoms with Crippen LogP contribution in [0.3, 0.4) is 0 Å². The zero-order chi connectivity index (χ0) is 20.0. The van der Waals surface area contributed by atoms with Crippen molar-refractivity contribution in [3.63, 3.8) is 0 Å². The van der Waals surface area contributed by atoms with Crippen LogP contribution >= 0.6 is 0 Å². The van der Waals surface area contributed by atoms with Crippen molar-refractivity contribution in [2.45, 2.75) is 31.6 Å². The predicted molar refractivity (Wildman–Crippen MR) is 104 cm³/mol. The molecule has 0 saturated heterocycles. The van der Waals surface area contributed by atoms with Crippen LogP contribution in [0.15, 0.2) is 47.4 Å². The van der Waals surface area contributed by atoms with Crippen LogP contribution in [0.5, 0.6) is 11.5 Å². The van der Waals surface area contributed by atoms with Gasteiger partial charge in [-0.1, -0.05) is 31.5 Å². The average molecular weight is 392 g/mol. The first-order valence-corrected chi connectivity index (χ1v) is 10.2. The predicted octanol–water partition coefficient (Wildman–Crippen LogP) is 3.45. The van der Waals surface area contributed by atoms with Crippen molar-refractivity contribution in [1.29, 1.82) is 0 Å². The number of primary sulfonamides is 1. The van der Waals surface area contributed by atoms with Gasteiger partial charge in [0.2, 0.25) is 10.0 Å². The van der Waals surface area contributed by atoms with Crippen LogP contribution in [0.2, 0.25) is 0 Å². The largest absolute Gasteiger partial charge is 0.478 e. The topological polar surface area (TPSA) is 110 Å². The van der Waals surface area contributed by atoms with Crippen molar-refractivity contribution in [3.8, 4) is 11.5 Å². The molecule has 0 heterocycles. The molecule has 0 saturated carbocycles. The van der Waals surface area contributed by atoms with Gasteiger partial charge >= 0.3 is 5.97 Å². The summed E-state index contributed by atoms with van der Waals surface area (Å²) < 4.78 is 30.2. The first kappa shape index (κ1) is 20.7. The van der Waals surface area contributed by atoms with Gasteiger partial charge in [-0.15, -0.1) is 0 Å². The highest BCUT2D eigenvalue weighted by molar-refractivity contribution is 7.89. The molecule has 0 radical (unpaired) electrons. The number of rotatable bonds is 9. The normalized spacial score (nSPS) is 11.2. The second-order valence-corrected chi connectivity index (χ2v) is 7.55. The zero-order valence-corrected chi connectivity index (χ0v) is 16.2. The zero-order valence-electron chi connectivity index (χ0n) is 15.4. The van der Waals surface area contributed by atoms with Gasteiger partial charge in [-0.2, -0.15) is 0 Å². The number of nitrogens with zero attached hydrogens (tertiary/aromatic N) is 1. The molecule has 27 heavy (non-hydrogen) atoms. The fourth-order valence-electron chi connectivity index (χ4n) is 2.66. The number of hydrogen-bond donors (Lipinski definition) is 2. The molecular weight excluding hydrogens is 368 g/mol. The van der Waals surface area contributed by atoms with Gasteiger partial charge in [0.05, 0.1) is 11.3 Å². The van der Waals surface area contributed by atoms with Gasteiger partial charge in [0.1, 0.15) is 10.6 Å². The van der Waals surface area contributed by atoms with E-state index in [9.17, 15) is 18.3 Å². The summed E-state index contributed by atoms with van der Waals surface area (Å²) in [6.45, 7) is 5.13. The molecule has 0 atom stereocenters. The smallest absolute Gasteiger partial charge is 0.335 e. The number of unbranched alkanes of at least 4 members (excludes halogenated alkanes) is 1. The Morgan fingerprint density at radius 3 is 2.37 bits per heavy atom. The van der Waals surface area contributed by atoms with E-state index in [-0.39, 0.29) is 16.2 Å². The number of carboxylic acids is 1. The Kier molecular flexibility index (Phi) is 6.81. The van der Waals surface area contributed by atoms with E-state index in [0.29, 0.717) is 24.5 Å². The van der Waals surface area contributed by atoms with Crippen molar-refractivity contribution in [3.05, 3.63) is 48.0 Å². The lowest BCUT2D eigenvalue weighted by Crippen LogP contribution is -2.26. The number of carbonyl (C=O) groups is 1. The van der Waals surface area contributed by atoms with Crippen LogP contribution in [0, 0.1) is 0 Å². The number of benzene rings is 2. The van der Waals surface area contributed by atoms with Crippen LogP contribution in [0.1, 0.15) is 37.0 Å². The van der Waals surface area contributed by atoms with Gasteiger partial charge in [0, 0.05) is 13.1 Å². The highest BCUT2D eigenvalue weighted by atomic mass is 32.2. The minimum Gasteiger partial charge on any atom is -0.478 e. The van der Waals surface area contributed by atoms with Gasteiger partial charge in [-0.25, -0.2) is 18.4 Å². The number of anilines is 1. The molecule has 0 fully saturated rings. The molecule has 3 N–H and O–H groups in total. The van der Waals surface area contributed by atoms with E-state index >= 15 is 0 Å². The average Bonchev–Trinajstić information content (AvgIpc) is 2.62. The molecule has 0 aliphatic carbocycles. The minimum absolute atomic E-state index is 0.0339. The van der Waals surface area contributed by atoms with E-state index in [4.69, 9.17) is 9.88 Å². The summed E-state index contributed by atoms with van der Waals surface area (Å²) >= 11 is 0. The number of para-hydroxylation sites is 1. The maximum atomic E-state index is 12.2. The van der Waals surface area contributed by atoms with Crippen molar-refractivity contribution in [2.24, 2.45) is 5.14 Å².